The third-order valence-electron chi connectivity index (χ3n) is 3.88. The van der Waals surface area contributed by atoms with Crippen LogP contribution in [0.3, 0.4) is 0 Å². The van der Waals surface area contributed by atoms with Gasteiger partial charge in [0.25, 0.3) is 0 Å². The third kappa shape index (κ3) is 4.61. The van der Waals surface area contributed by atoms with Crippen LogP contribution in [0.15, 0.2) is 0 Å². The first kappa shape index (κ1) is 15.0. The third-order valence-corrected chi connectivity index (χ3v) is 6.64. The first-order valence-corrected chi connectivity index (χ1v) is 8.57. The fraction of sp³-hybridized carbons (Fsp3) is 1.00. The van der Waals surface area contributed by atoms with Crippen molar-refractivity contribution in [3.8, 4) is 0 Å². The van der Waals surface area contributed by atoms with E-state index in [0.29, 0.717) is 0 Å². The molecule has 0 saturated heterocycles. The molecule has 1 aliphatic carbocycles. The second-order valence-corrected chi connectivity index (χ2v) is 9.41. The molecule has 1 fully saturated rings. The summed E-state index contributed by atoms with van der Waals surface area (Å²) in [4.78, 5) is 0. The fourth-order valence-corrected chi connectivity index (χ4v) is 4.62. The normalized spacial score (nSPS) is 21.4. The second kappa shape index (κ2) is 5.73. The van der Waals surface area contributed by atoms with E-state index in [9.17, 15) is 8.42 Å². The minimum atomic E-state index is -2.88. The first-order chi connectivity index (χ1) is 7.73. The lowest BCUT2D eigenvalue weighted by molar-refractivity contribution is 0.362. The Hall–Kier alpha value is -0.0500. The maximum absolute atomic E-state index is 12.4. The molecular weight excluding hydrogens is 232 g/mol. The summed E-state index contributed by atoms with van der Waals surface area (Å²) >= 11 is 0. The number of hydrogen-bond donors (Lipinski definition) is 0. The molecule has 0 aliphatic heterocycles. The van der Waals surface area contributed by atoms with Gasteiger partial charge >= 0.3 is 0 Å². The molecule has 0 aromatic heterocycles. The Morgan fingerprint density at radius 2 is 1.65 bits per heavy atom. The van der Waals surface area contributed by atoms with E-state index in [1.165, 1.54) is 6.42 Å². The standard InChI is InChI=1S/C14H28O2S/c1-12(10-11-14(2,3)4)17(15,16)13-8-6-5-7-9-13/h12-13H,5-11H2,1-4H3. The maximum atomic E-state index is 12.4. The molecule has 0 N–H and O–H groups in total. The summed E-state index contributed by atoms with van der Waals surface area (Å²) in [7, 11) is -2.88. The molecule has 1 aliphatic rings. The van der Waals surface area contributed by atoms with Crippen molar-refractivity contribution in [1.29, 1.82) is 0 Å². The van der Waals surface area contributed by atoms with Crippen molar-refractivity contribution in [3.63, 3.8) is 0 Å². The van der Waals surface area contributed by atoms with E-state index in [1.807, 2.05) is 6.92 Å². The minimum absolute atomic E-state index is 0.0498. The van der Waals surface area contributed by atoms with E-state index in [4.69, 9.17) is 0 Å². The van der Waals surface area contributed by atoms with Crippen molar-refractivity contribution in [1.82, 2.24) is 0 Å². The Morgan fingerprint density at radius 3 is 2.12 bits per heavy atom. The molecule has 102 valence electrons. The van der Waals surface area contributed by atoms with Gasteiger partial charge in [0.1, 0.15) is 0 Å². The van der Waals surface area contributed by atoms with Gasteiger partial charge < -0.3 is 0 Å². The summed E-state index contributed by atoms with van der Waals surface area (Å²) in [6.07, 6.45) is 6.97. The molecule has 0 aromatic carbocycles. The quantitative estimate of drug-likeness (QED) is 0.767. The first-order valence-electron chi connectivity index (χ1n) is 6.96. The zero-order valence-electron chi connectivity index (χ0n) is 11.8. The van der Waals surface area contributed by atoms with Crippen molar-refractivity contribution in [2.75, 3.05) is 0 Å². The molecule has 1 rings (SSSR count). The van der Waals surface area contributed by atoms with Crippen LogP contribution in [0, 0.1) is 5.41 Å². The topological polar surface area (TPSA) is 34.1 Å². The molecule has 17 heavy (non-hydrogen) atoms. The van der Waals surface area contributed by atoms with E-state index in [2.05, 4.69) is 20.8 Å². The van der Waals surface area contributed by atoms with Crippen LogP contribution in [0.1, 0.15) is 72.6 Å². The van der Waals surface area contributed by atoms with Gasteiger partial charge in [-0.05, 0) is 38.0 Å². The average Bonchev–Trinajstić information content (AvgIpc) is 2.26. The van der Waals surface area contributed by atoms with Crippen molar-refractivity contribution in [2.24, 2.45) is 5.41 Å². The van der Waals surface area contributed by atoms with Gasteiger partial charge in [0, 0.05) is 0 Å². The van der Waals surface area contributed by atoms with Crippen molar-refractivity contribution < 1.29 is 8.42 Å². The zero-order chi connectivity index (χ0) is 13.1. The molecular formula is C14H28O2S. The summed E-state index contributed by atoms with van der Waals surface area (Å²) in [5.41, 5.74) is 0.232. The van der Waals surface area contributed by atoms with Crippen LogP contribution in [-0.2, 0) is 9.84 Å². The van der Waals surface area contributed by atoms with Crippen LogP contribution < -0.4 is 0 Å². The number of hydrogen-bond acceptors (Lipinski definition) is 2. The SMILES string of the molecule is CC(CCC(C)(C)C)S(=O)(=O)C1CCCCC1. The van der Waals surface area contributed by atoms with Gasteiger partial charge in [-0.15, -0.1) is 0 Å². The number of sulfone groups is 1. The Bertz CT molecular complexity index is 319. The highest BCUT2D eigenvalue weighted by atomic mass is 32.2. The van der Waals surface area contributed by atoms with E-state index in [1.54, 1.807) is 0 Å². The molecule has 0 aromatic rings. The molecule has 3 heteroatoms. The molecule has 1 atom stereocenters. The zero-order valence-corrected chi connectivity index (χ0v) is 12.6. The van der Waals surface area contributed by atoms with Gasteiger partial charge in [0.15, 0.2) is 9.84 Å². The van der Waals surface area contributed by atoms with Crippen LogP contribution in [0.25, 0.3) is 0 Å². The van der Waals surface area contributed by atoms with Crippen molar-refractivity contribution in [3.05, 3.63) is 0 Å². The van der Waals surface area contributed by atoms with Gasteiger partial charge in [-0.3, -0.25) is 0 Å². The lowest BCUT2D eigenvalue weighted by Crippen LogP contribution is -2.32. The van der Waals surface area contributed by atoms with Crippen LogP contribution >= 0.6 is 0 Å². The van der Waals surface area contributed by atoms with Crippen LogP contribution in [0.4, 0.5) is 0 Å². The molecule has 0 bridgehead atoms. The number of rotatable bonds is 4. The van der Waals surface area contributed by atoms with Crippen molar-refractivity contribution >= 4 is 9.84 Å². The maximum Gasteiger partial charge on any atom is 0.155 e. The van der Waals surface area contributed by atoms with Gasteiger partial charge in [0.2, 0.25) is 0 Å². The van der Waals surface area contributed by atoms with Gasteiger partial charge in [-0.25, -0.2) is 8.42 Å². The molecule has 0 spiro atoms. The largest absolute Gasteiger partial charge is 0.228 e. The Morgan fingerprint density at radius 1 is 1.12 bits per heavy atom. The van der Waals surface area contributed by atoms with Gasteiger partial charge in [-0.1, -0.05) is 40.0 Å². The Kier molecular flexibility index (Phi) is 5.06. The predicted molar refractivity (Wildman–Crippen MR) is 73.9 cm³/mol. The summed E-state index contributed by atoms with van der Waals surface area (Å²) in [5.74, 6) is 0. The summed E-state index contributed by atoms with van der Waals surface area (Å²) in [5, 5.41) is -0.212. The minimum Gasteiger partial charge on any atom is -0.228 e. The molecule has 2 nitrogen and oxygen atoms in total. The predicted octanol–water partition coefficient (Wildman–Crippen LogP) is 3.95. The highest BCUT2D eigenvalue weighted by Crippen LogP contribution is 2.30. The van der Waals surface area contributed by atoms with Crippen LogP contribution in [0.2, 0.25) is 0 Å². The Balaban J connectivity index is 2.56. The lowest BCUT2D eigenvalue weighted by atomic mass is 9.90. The van der Waals surface area contributed by atoms with E-state index in [-0.39, 0.29) is 15.9 Å². The fourth-order valence-electron chi connectivity index (χ4n) is 2.52. The average molecular weight is 260 g/mol. The molecule has 0 radical (unpaired) electrons. The lowest BCUT2D eigenvalue weighted by Gasteiger charge is -2.27. The highest BCUT2D eigenvalue weighted by molar-refractivity contribution is 7.92. The smallest absolute Gasteiger partial charge is 0.155 e. The molecule has 1 unspecified atom stereocenters. The van der Waals surface area contributed by atoms with E-state index < -0.39 is 9.84 Å². The molecule has 0 heterocycles. The summed E-state index contributed by atoms with van der Waals surface area (Å²) < 4.78 is 24.8. The second-order valence-electron chi connectivity index (χ2n) is 6.76. The van der Waals surface area contributed by atoms with Crippen LogP contribution in [-0.4, -0.2) is 18.9 Å². The Labute approximate surface area is 107 Å². The highest BCUT2D eigenvalue weighted by Gasteiger charge is 2.32. The molecule has 1 saturated carbocycles. The van der Waals surface area contributed by atoms with Gasteiger partial charge in [-0.2, -0.15) is 0 Å². The van der Waals surface area contributed by atoms with Crippen LogP contribution in [0.5, 0.6) is 0 Å². The van der Waals surface area contributed by atoms with E-state index in [0.717, 1.165) is 38.5 Å². The van der Waals surface area contributed by atoms with E-state index >= 15 is 0 Å². The summed E-state index contributed by atoms with van der Waals surface area (Å²) in [6.45, 7) is 8.42. The summed E-state index contributed by atoms with van der Waals surface area (Å²) in [6, 6.07) is 0. The molecule has 0 amide bonds. The monoisotopic (exact) mass is 260 g/mol. The van der Waals surface area contributed by atoms with Gasteiger partial charge in [0.05, 0.1) is 10.5 Å². The van der Waals surface area contributed by atoms with Crippen molar-refractivity contribution in [2.45, 2.75) is 83.1 Å².